The molecule has 3 nitrogen and oxygen atoms in total. The highest BCUT2D eigenvalue weighted by Crippen LogP contribution is 2.54. The van der Waals surface area contributed by atoms with Gasteiger partial charge in [-0.1, -0.05) is 48.3 Å². The first-order valence-corrected chi connectivity index (χ1v) is 8.48. The summed E-state index contributed by atoms with van der Waals surface area (Å²) in [6, 6.07) is 8.95. The van der Waals surface area contributed by atoms with Crippen molar-refractivity contribution < 1.29 is 4.52 Å². The van der Waals surface area contributed by atoms with Gasteiger partial charge in [0.1, 0.15) is 6.26 Å². The number of nitrogens with one attached hydrogen (secondary N) is 1. The predicted molar refractivity (Wildman–Crippen MR) is 86.6 cm³/mol. The van der Waals surface area contributed by atoms with Crippen LogP contribution in [0.15, 0.2) is 35.1 Å². The van der Waals surface area contributed by atoms with E-state index in [1.165, 1.54) is 48.1 Å². The molecule has 0 aliphatic heterocycles. The zero-order valence-corrected chi connectivity index (χ0v) is 13.4. The Balaban J connectivity index is 1.54. The van der Waals surface area contributed by atoms with Crippen molar-refractivity contribution in [1.82, 2.24) is 10.5 Å². The molecule has 0 amide bonds. The van der Waals surface area contributed by atoms with Crippen molar-refractivity contribution in [2.24, 2.45) is 5.92 Å². The number of aromatic nitrogens is 1. The van der Waals surface area contributed by atoms with E-state index in [0.29, 0.717) is 5.92 Å². The van der Waals surface area contributed by atoms with Crippen molar-refractivity contribution in [3.8, 4) is 0 Å². The lowest BCUT2D eigenvalue weighted by atomic mass is 9.98. The maximum absolute atomic E-state index is 5.22. The summed E-state index contributed by atoms with van der Waals surface area (Å²) in [7, 11) is 0. The van der Waals surface area contributed by atoms with E-state index in [1.54, 1.807) is 0 Å². The van der Waals surface area contributed by atoms with Crippen LogP contribution < -0.4 is 5.32 Å². The molecular formula is C19H24N2O. The van der Waals surface area contributed by atoms with Crippen LogP contribution >= 0.6 is 0 Å². The fraction of sp³-hybridized carbons (Fsp3) is 0.526. The molecule has 2 aliphatic carbocycles. The van der Waals surface area contributed by atoms with Gasteiger partial charge in [-0.3, -0.25) is 0 Å². The van der Waals surface area contributed by atoms with E-state index in [1.807, 2.05) is 6.26 Å². The lowest BCUT2D eigenvalue weighted by Crippen LogP contribution is -2.31. The second kappa shape index (κ2) is 5.24. The van der Waals surface area contributed by atoms with E-state index >= 15 is 0 Å². The van der Waals surface area contributed by atoms with Crippen LogP contribution in [0.1, 0.15) is 60.9 Å². The molecule has 1 heterocycles. The van der Waals surface area contributed by atoms with Crippen LogP contribution in [0.5, 0.6) is 0 Å². The number of nitrogens with zero attached hydrogens (tertiary/aromatic N) is 1. The van der Waals surface area contributed by atoms with E-state index in [0.717, 1.165) is 12.5 Å². The molecule has 1 aromatic carbocycles. The molecule has 2 unspecified atom stereocenters. The van der Waals surface area contributed by atoms with Gasteiger partial charge >= 0.3 is 0 Å². The summed E-state index contributed by atoms with van der Waals surface area (Å²) in [5, 5.41) is 8.05. The van der Waals surface area contributed by atoms with Gasteiger partial charge in [0.25, 0.3) is 0 Å². The molecule has 22 heavy (non-hydrogen) atoms. The molecule has 2 fully saturated rings. The second-order valence-electron chi connectivity index (χ2n) is 7.00. The van der Waals surface area contributed by atoms with Crippen LogP contribution in [-0.2, 0) is 12.1 Å². The molecule has 0 saturated heterocycles. The first-order valence-electron chi connectivity index (χ1n) is 8.48. The van der Waals surface area contributed by atoms with E-state index in [4.69, 9.17) is 4.52 Å². The minimum absolute atomic E-state index is 0.152. The summed E-state index contributed by atoms with van der Waals surface area (Å²) in [4.78, 5) is 0. The van der Waals surface area contributed by atoms with E-state index in [9.17, 15) is 0 Å². The quantitative estimate of drug-likeness (QED) is 0.865. The van der Waals surface area contributed by atoms with E-state index in [2.05, 4.69) is 48.6 Å². The van der Waals surface area contributed by atoms with E-state index in [-0.39, 0.29) is 5.54 Å². The second-order valence-corrected chi connectivity index (χ2v) is 7.00. The highest BCUT2D eigenvalue weighted by atomic mass is 16.5. The summed E-state index contributed by atoms with van der Waals surface area (Å²) >= 11 is 0. The zero-order chi connectivity index (χ0) is 15.2. The minimum atomic E-state index is 0.152. The predicted octanol–water partition coefficient (Wildman–Crippen LogP) is 4.28. The first kappa shape index (κ1) is 14.0. The van der Waals surface area contributed by atoms with Gasteiger partial charge in [0.15, 0.2) is 0 Å². The minimum Gasteiger partial charge on any atom is -0.364 e. The Kier molecular flexibility index (Phi) is 3.33. The lowest BCUT2D eigenvalue weighted by molar-refractivity contribution is 0.410. The van der Waals surface area contributed by atoms with Gasteiger partial charge < -0.3 is 9.84 Å². The molecule has 2 saturated carbocycles. The Bertz CT molecular complexity index is 674. The molecule has 2 aliphatic rings. The third-order valence-corrected chi connectivity index (χ3v) is 5.36. The maximum Gasteiger partial charge on any atom is 0.128 e. The smallest absolute Gasteiger partial charge is 0.128 e. The van der Waals surface area contributed by atoms with Gasteiger partial charge in [0.2, 0.25) is 0 Å². The molecule has 4 rings (SSSR count). The number of hydrogen-bond acceptors (Lipinski definition) is 3. The fourth-order valence-electron chi connectivity index (χ4n) is 3.76. The van der Waals surface area contributed by atoms with Crippen molar-refractivity contribution in [2.75, 3.05) is 0 Å². The molecule has 0 bridgehead atoms. The van der Waals surface area contributed by atoms with Gasteiger partial charge in [-0.2, -0.15) is 0 Å². The summed E-state index contributed by atoms with van der Waals surface area (Å²) in [5.41, 5.74) is 5.35. The van der Waals surface area contributed by atoms with Crippen molar-refractivity contribution in [3.05, 3.63) is 52.9 Å². The van der Waals surface area contributed by atoms with Crippen molar-refractivity contribution >= 4 is 0 Å². The largest absolute Gasteiger partial charge is 0.364 e. The molecule has 0 spiro atoms. The standard InChI is InChI=1S/C19H24N2O/c1-3-16-10-19(16,17-6-4-5-13(2)9-17)20-11-15-12-22-21-18(15)14-7-8-14/h4-6,9,12,14,16,20H,3,7-8,10-11H2,1-2H3. The molecule has 1 N–H and O–H groups in total. The normalized spacial score (nSPS) is 27.1. The number of benzene rings is 1. The summed E-state index contributed by atoms with van der Waals surface area (Å²) in [6.45, 7) is 5.32. The SMILES string of the molecule is CCC1CC1(NCc1conc1C1CC1)c1cccc(C)c1. The van der Waals surface area contributed by atoms with Crippen LogP contribution in [0.4, 0.5) is 0 Å². The summed E-state index contributed by atoms with van der Waals surface area (Å²) in [6.07, 6.45) is 6.81. The molecule has 3 heteroatoms. The highest BCUT2D eigenvalue weighted by molar-refractivity contribution is 5.36. The molecule has 2 aromatic rings. The van der Waals surface area contributed by atoms with Crippen LogP contribution in [0.25, 0.3) is 0 Å². The molecule has 1 aromatic heterocycles. The average Bonchev–Trinajstić information content (AvgIpc) is 3.44. The molecular weight excluding hydrogens is 272 g/mol. The Morgan fingerprint density at radius 1 is 1.36 bits per heavy atom. The van der Waals surface area contributed by atoms with Gasteiger partial charge in [0.05, 0.1) is 5.69 Å². The van der Waals surface area contributed by atoms with Crippen molar-refractivity contribution in [2.45, 2.75) is 57.5 Å². The maximum atomic E-state index is 5.22. The highest BCUT2D eigenvalue weighted by Gasteiger charge is 2.53. The van der Waals surface area contributed by atoms with Crippen LogP contribution in [0, 0.1) is 12.8 Å². The third-order valence-electron chi connectivity index (χ3n) is 5.36. The summed E-state index contributed by atoms with van der Waals surface area (Å²) in [5.74, 6) is 1.38. The Hall–Kier alpha value is -1.61. The zero-order valence-electron chi connectivity index (χ0n) is 13.4. The Morgan fingerprint density at radius 3 is 2.91 bits per heavy atom. The van der Waals surface area contributed by atoms with Gasteiger partial charge in [-0.15, -0.1) is 0 Å². The number of aryl methyl sites for hydroxylation is 1. The first-order chi connectivity index (χ1) is 10.7. The topological polar surface area (TPSA) is 38.1 Å². The molecule has 116 valence electrons. The van der Waals surface area contributed by atoms with Crippen molar-refractivity contribution in [3.63, 3.8) is 0 Å². The fourth-order valence-corrected chi connectivity index (χ4v) is 3.76. The van der Waals surface area contributed by atoms with Gasteiger partial charge in [-0.05, 0) is 37.7 Å². The monoisotopic (exact) mass is 296 g/mol. The number of hydrogen-bond donors (Lipinski definition) is 1. The van der Waals surface area contributed by atoms with E-state index < -0.39 is 0 Å². The number of rotatable bonds is 6. The van der Waals surface area contributed by atoms with Crippen LogP contribution in [0.2, 0.25) is 0 Å². The summed E-state index contributed by atoms with van der Waals surface area (Å²) < 4.78 is 5.22. The Labute approximate surface area is 132 Å². The average molecular weight is 296 g/mol. The van der Waals surface area contributed by atoms with Gasteiger partial charge in [0, 0.05) is 23.6 Å². The molecule has 0 radical (unpaired) electrons. The van der Waals surface area contributed by atoms with Crippen LogP contribution in [-0.4, -0.2) is 5.16 Å². The van der Waals surface area contributed by atoms with Crippen LogP contribution in [0.3, 0.4) is 0 Å². The third kappa shape index (κ3) is 2.38. The van der Waals surface area contributed by atoms with Crippen molar-refractivity contribution in [1.29, 1.82) is 0 Å². The van der Waals surface area contributed by atoms with Gasteiger partial charge in [-0.25, -0.2) is 0 Å². The Morgan fingerprint density at radius 2 is 2.23 bits per heavy atom. The molecule has 2 atom stereocenters. The lowest BCUT2D eigenvalue weighted by Gasteiger charge is -2.20.